The summed E-state index contributed by atoms with van der Waals surface area (Å²) in [7, 11) is -3.39. The first-order valence-electron chi connectivity index (χ1n) is 8.42. The van der Waals surface area contributed by atoms with Crippen LogP contribution in [-0.2, 0) is 16.2 Å². The predicted molar refractivity (Wildman–Crippen MR) is 107 cm³/mol. The average molecular weight is 475 g/mol. The molecule has 0 radical (unpaired) electrons. The molecule has 31 heavy (non-hydrogen) atoms. The molecule has 0 amide bonds. The van der Waals surface area contributed by atoms with E-state index >= 15 is 0 Å². The number of carboxylic acid groups (broad SMARTS) is 1. The Morgan fingerprint density at radius 3 is 2.35 bits per heavy atom. The van der Waals surface area contributed by atoms with Gasteiger partial charge in [-0.05, 0) is 42.5 Å². The lowest BCUT2D eigenvalue weighted by atomic mass is 10.1. The van der Waals surface area contributed by atoms with Crippen molar-refractivity contribution < 1.29 is 36.2 Å². The number of benzene rings is 2. The van der Waals surface area contributed by atoms with E-state index in [9.17, 15) is 26.4 Å². The summed E-state index contributed by atoms with van der Waals surface area (Å²) in [6.45, 7) is 0. The first-order valence-corrected chi connectivity index (χ1v) is 10.3. The van der Waals surface area contributed by atoms with E-state index in [1.54, 1.807) is 12.1 Å². The van der Waals surface area contributed by atoms with Crippen molar-refractivity contribution in [1.82, 2.24) is 4.57 Å². The summed E-state index contributed by atoms with van der Waals surface area (Å²) in [5.74, 6) is -1.58. The molecule has 0 atom stereocenters. The molecule has 164 valence electrons. The molecular formula is C19H14ClF3N2O5S. The van der Waals surface area contributed by atoms with Crippen LogP contribution < -0.4 is 9.46 Å². The highest BCUT2D eigenvalue weighted by Gasteiger charge is 2.35. The van der Waals surface area contributed by atoms with Gasteiger partial charge >= 0.3 is 12.1 Å². The SMILES string of the molecule is COc1ccc(C(=O)O)cc1S(=O)(=O)Nc1cc(C(F)(F)F)c(Cl)cc1-n1cccc1. The summed E-state index contributed by atoms with van der Waals surface area (Å²) in [5.41, 5.74) is -1.98. The van der Waals surface area contributed by atoms with Gasteiger partial charge in [-0.15, -0.1) is 0 Å². The van der Waals surface area contributed by atoms with Crippen molar-refractivity contribution in [2.75, 3.05) is 11.8 Å². The number of ether oxygens (including phenoxy) is 1. The standard InChI is InChI=1S/C19H14ClF3N2O5S/c1-30-16-5-4-11(18(26)27)8-17(16)31(28,29)24-14-9-12(19(21,22)23)13(20)10-15(14)25-6-2-3-7-25/h2-10,24H,1H3,(H,26,27). The van der Waals surface area contributed by atoms with Crippen LogP contribution >= 0.6 is 11.6 Å². The average Bonchev–Trinajstić information content (AvgIpc) is 3.22. The number of methoxy groups -OCH3 is 1. The van der Waals surface area contributed by atoms with Crippen LogP contribution in [0.15, 0.2) is 59.8 Å². The number of nitrogens with one attached hydrogen (secondary N) is 1. The van der Waals surface area contributed by atoms with Gasteiger partial charge in [-0.25, -0.2) is 13.2 Å². The minimum Gasteiger partial charge on any atom is -0.495 e. The fraction of sp³-hybridized carbons (Fsp3) is 0.105. The van der Waals surface area contributed by atoms with Gasteiger partial charge in [-0.2, -0.15) is 13.2 Å². The van der Waals surface area contributed by atoms with E-state index in [0.717, 1.165) is 24.3 Å². The molecule has 1 aromatic heterocycles. The maximum absolute atomic E-state index is 13.4. The topological polar surface area (TPSA) is 97.6 Å². The van der Waals surface area contributed by atoms with Crippen LogP contribution in [0.25, 0.3) is 5.69 Å². The maximum atomic E-state index is 13.4. The number of nitrogens with zero attached hydrogens (tertiary/aromatic N) is 1. The lowest BCUT2D eigenvalue weighted by Crippen LogP contribution is -2.17. The molecule has 0 aliphatic heterocycles. The third kappa shape index (κ3) is 4.62. The first-order chi connectivity index (χ1) is 14.4. The second kappa shape index (κ2) is 8.16. The van der Waals surface area contributed by atoms with E-state index in [1.165, 1.54) is 24.1 Å². The molecule has 2 N–H and O–H groups in total. The van der Waals surface area contributed by atoms with Crippen molar-refractivity contribution in [3.63, 3.8) is 0 Å². The van der Waals surface area contributed by atoms with Crippen molar-refractivity contribution in [1.29, 1.82) is 0 Å². The van der Waals surface area contributed by atoms with Crippen molar-refractivity contribution in [3.8, 4) is 11.4 Å². The smallest absolute Gasteiger partial charge is 0.417 e. The largest absolute Gasteiger partial charge is 0.495 e. The number of aromatic nitrogens is 1. The van der Waals surface area contributed by atoms with Gasteiger partial charge in [0.2, 0.25) is 0 Å². The van der Waals surface area contributed by atoms with Crippen LogP contribution in [0.4, 0.5) is 18.9 Å². The Balaban J connectivity index is 2.19. The van der Waals surface area contributed by atoms with Crippen molar-refractivity contribution in [2.45, 2.75) is 11.1 Å². The monoisotopic (exact) mass is 474 g/mol. The predicted octanol–water partition coefficient (Wildman–Crippen LogP) is 4.66. The van der Waals surface area contributed by atoms with Crippen molar-refractivity contribution in [2.24, 2.45) is 0 Å². The van der Waals surface area contributed by atoms with Gasteiger partial charge < -0.3 is 14.4 Å². The number of rotatable bonds is 6. The third-order valence-electron chi connectivity index (χ3n) is 4.22. The number of aromatic carboxylic acids is 1. The maximum Gasteiger partial charge on any atom is 0.417 e. The third-order valence-corrected chi connectivity index (χ3v) is 5.92. The molecule has 0 saturated heterocycles. The second-order valence-electron chi connectivity index (χ2n) is 6.21. The van der Waals surface area contributed by atoms with Gasteiger partial charge in [-0.3, -0.25) is 4.72 Å². The second-order valence-corrected chi connectivity index (χ2v) is 8.27. The highest BCUT2D eigenvalue weighted by atomic mass is 35.5. The molecular weight excluding hydrogens is 461 g/mol. The lowest BCUT2D eigenvalue weighted by Gasteiger charge is -2.18. The molecule has 3 aromatic rings. The van der Waals surface area contributed by atoms with Crippen molar-refractivity contribution >= 4 is 33.3 Å². The summed E-state index contributed by atoms with van der Waals surface area (Å²) in [5, 5.41) is 8.53. The molecule has 0 aliphatic rings. The summed E-state index contributed by atoms with van der Waals surface area (Å²) in [6.07, 6.45) is -1.86. The van der Waals surface area contributed by atoms with Gasteiger partial charge in [-0.1, -0.05) is 11.6 Å². The summed E-state index contributed by atoms with van der Waals surface area (Å²) in [4.78, 5) is 10.7. The number of hydrogen-bond donors (Lipinski definition) is 2. The molecule has 7 nitrogen and oxygen atoms in total. The van der Waals surface area contributed by atoms with E-state index < -0.39 is 43.3 Å². The van der Waals surface area contributed by atoms with Crippen LogP contribution in [0.1, 0.15) is 15.9 Å². The fourth-order valence-electron chi connectivity index (χ4n) is 2.79. The Bertz CT molecular complexity index is 1240. The minimum absolute atomic E-state index is 0.0277. The number of anilines is 1. The Hall–Kier alpha value is -3.18. The highest BCUT2D eigenvalue weighted by molar-refractivity contribution is 7.92. The van der Waals surface area contributed by atoms with Crippen LogP contribution in [0, 0.1) is 0 Å². The lowest BCUT2D eigenvalue weighted by molar-refractivity contribution is -0.137. The Labute approximate surface area is 179 Å². The summed E-state index contributed by atoms with van der Waals surface area (Å²) in [6, 6.07) is 7.84. The molecule has 0 fully saturated rings. The molecule has 0 saturated carbocycles. The van der Waals surface area contributed by atoms with Crippen LogP contribution in [0.2, 0.25) is 5.02 Å². The Morgan fingerprint density at radius 2 is 1.81 bits per heavy atom. The number of sulfonamides is 1. The zero-order valence-electron chi connectivity index (χ0n) is 15.6. The molecule has 0 aliphatic carbocycles. The number of alkyl halides is 3. The van der Waals surface area contributed by atoms with Gasteiger partial charge in [0.15, 0.2) is 0 Å². The Morgan fingerprint density at radius 1 is 1.16 bits per heavy atom. The zero-order chi connectivity index (χ0) is 23.0. The molecule has 0 spiro atoms. The first kappa shape index (κ1) is 22.5. The molecule has 2 aromatic carbocycles. The van der Waals surface area contributed by atoms with Crippen LogP contribution in [0.3, 0.4) is 0 Å². The van der Waals surface area contributed by atoms with Gasteiger partial charge in [0.1, 0.15) is 10.6 Å². The number of carbonyl (C=O) groups is 1. The summed E-state index contributed by atoms with van der Waals surface area (Å²) >= 11 is 5.80. The number of halogens is 4. The van der Waals surface area contributed by atoms with E-state index in [1.807, 2.05) is 0 Å². The fourth-order valence-corrected chi connectivity index (χ4v) is 4.32. The number of carboxylic acids is 1. The van der Waals surface area contributed by atoms with Crippen LogP contribution in [-0.4, -0.2) is 31.2 Å². The molecule has 1 heterocycles. The quantitative estimate of drug-likeness (QED) is 0.541. The van der Waals surface area contributed by atoms with E-state index in [2.05, 4.69) is 4.72 Å². The van der Waals surface area contributed by atoms with Crippen molar-refractivity contribution in [3.05, 3.63) is 71.0 Å². The Kier molecular flexibility index (Phi) is 5.92. The zero-order valence-corrected chi connectivity index (χ0v) is 17.2. The molecule has 0 unspecified atom stereocenters. The van der Waals surface area contributed by atoms with Gasteiger partial charge in [0.05, 0.1) is 34.6 Å². The minimum atomic E-state index is -4.84. The molecule has 0 bridgehead atoms. The molecule has 3 rings (SSSR count). The van der Waals surface area contributed by atoms with Gasteiger partial charge in [0, 0.05) is 12.4 Å². The molecule has 12 heteroatoms. The van der Waals surface area contributed by atoms with E-state index in [4.69, 9.17) is 21.4 Å². The van der Waals surface area contributed by atoms with E-state index in [-0.39, 0.29) is 17.0 Å². The van der Waals surface area contributed by atoms with Gasteiger partial charge in [0.25, 0.3) is 10.0 Å². The summed E-state index contributed by atoms with van der Waals surface area (Å²) < 4.78 is 74.6. The normalized spacial score (nSPS) is 11.9. The van der Waals surface area contributed by atoms with Crippen LogP contribution in [0.5, 0.6) is 5.75 Å². The van der Waals surface area contributed by atoms with E-state index in [0.29, 0.717) is 6.07 Å². The highest BCUT2D eigenvalue weighted by Crippen LogP contribution is 2.40. The number of hydrogen-bond acceptors (Lipinski definition) is 4.